The summed E-state index contributed by atoms with van der Waals surface area (Å²) in [6.45, 7) is 7.08. The van der Waals surface area contributed by atoms with Gasteiger partial charge in [0.1, 0.15) is 5.75 Å². The molecule has 0 bridgehead atoms. The fourth-order valence-electron chi connectivity index (χ4n) is 4.91. The first kappa shape index (κ1) is 31.9. The van der Waals surface area contributed by atoms with Crippen LogP contribution in [0.1, 0.15) is 56.4 Å². The van der Waals surface area contributed by atoms with E-state index >= 15 is 0 Å². The lowest BCUT2D eigenvalue weighted by molar-refractivity contribution is -0.129. The fraction of sp³-hybridized carbons (Fsp3) is 0.375. The number of nitrogens with zero attached hydrogens (tertiary/aromatic N) is 7. The minimum absolute atomic E-state index is 0.0241. The van der Waals surface area contributed by atoms with Gasteiger partial charge in [0.05, 0.1) is 6.61 Å². The summed E-state index contributed by atoms with van der Waals surface area (Å²) in [4.78, 5) is 25.4. The zero-order valence-electron chi connectivity index (χ0n) is 25.1. The number of nitrogens with one attached hydrogen (secondary N) is 1. The van der Waals surface area contributed by atoms with Crippen molar-refractivity contribution in [3.63, 3.8) is 0 Å². The van der Waals surface area contributed by atoms with Crippen LogP contribution in [0.25, 0.3) is 20.9 Å². The van der Waals surface area contributed by atoms with Gasteiger partial charge >= 0.3 is 0 Å². The highest BCUT2D eigenvalue weighted by Gasteiger charge is 2.54. The third-order valence-electron chi connectivity index (χ3n) is 7.17. The van der Waals surface area contributed by atoms with Crippen LogP contribution in [0.5, 0.6) is 5.75 Å². The van der Waals surface area contributed by atoms with Gasteiger partial charge in [0.2, 0.25) is 5.90 Å². The van der Waals surface area contributed by atoms with Gasteiger partial charge < -0.3 is 19.9 Å². The van der Waals surface area contributed by atoms with E-state index in [0.717, 1.165) is 6.42 Å². The predicted molar refractivity (Wildman–Crippen MR) is 168 cm³/mol. The molecule has 2 N–H and O–H groups in total. The minimum atomic E-state index is -1.56. The van der Waals surface area contributed by atoms with E-state index in [4.69, 9.17) is 19.6 Å². The summed E-state index contributed by atoms with van der Waals surface area (Å²) in [5, 5.41) is 19.9. The molecule has 1 aliphatic rings. The molecule has 12 nitrogen and oxygen atoms in total. The van der Waals surface area contributed by atoms with Crippen molar-refractivity contribution in [2.24, 2.45) is 20.6 Å². The summed E-state index contributed by atoms with van der Waals surface area (Å²) in [6, 6.07) is 21.0. The molecule has 12 heteroatoms. The Labute approximate surface area is 256 Å². The van der Waals surface area contributed by atoms with E-state index in [9.17, 15) is 15.9 Å². The SMILES string of the molecule is CC(C)(C)CCNC(=O)[C@]1(Cc2ccccc2N=[N+]=[N-])N=C(c2ccc(OCCCO)cc2)O[C@@H]1c1ccccc1N=[N+]=[N-]. The molecule has 0 radical (unpaired) electrons. The number of aliphatic hydroxyl groups is 1. The number of aliphatic hydroxyl groups excluding tert-OH is 1. The highest BCUT2D eigenvalue weighted by atomic mass is 16.5. The van der Waals surface area contributed by atoms with E-state index < -0.39 is 11.6 Å². The summed E-state index contributed by atoms with van der Waals surface area (Å²) in [5.41, 5.74) is 19.3. The molecule has 1 amide bonds. The van der Waals surface area contributed by atoms with Crippen LogP contribution in [-0.2, 0) is 16.0 Å². The molecule has 4 rings (SSSR count). The maximum atomic E-state index is 14.4. The van der Waals surface area contributed by atoms with E-state index in [1.165, 1.54) is 0 Å². The van der Waals surface area contributed by atoms with E-state index in [0.29, 0.717) is 53.4 Å². The molecule has 0 unspecified atom stereocenters. The van der Waals surface area contributed by atoms with Crippen LogP contribution in [0.3, 0.4) is 0 Å². The molecule has 0 fully saturated rings. The van der Waals surface area contributed by atoms with Crippen LogP contribution in [0.4, 0.5) is 11.4 Å². The molecule has 0 saturated heterocycles. The van der Waals surface area contributed by atoms with Crippen molar-refractivity contribution >= 4 is 23.2 Å². The molecule has 2 atom stereocenters. The number of aliphatic imine (C=N–C) groups is 1. The number of hydrogen-bond donors (Lipinski definition) is 2. The number of benzene rings is 3. The summed E-state index contributed by atoms with van der Waals surface area (Å²) in [6.07, 6.45) is 0.270. The second kappa shape index (κ2) is 14.4. The zero-order valence-corrected chi connectivity index (χ0v) is 25.1. The number of carbonyl (C=O) groups excluding carboxylic acids is 1. The topological polar surface area (TPSA) is 178 Å². The normalized spacial score (nSPS) is 17.5. The number of hydrogen-bond acceptors (Lipinski definition) is 7. The average molecular weight is 597 g/mol. The van der Waals surface area contributed by atoms with Gasteiger partial charge in [-0.2, -0.15) is 0 Å². The second-order valence-electron chi connectivity index (χ2n) is 11.6. The van der Waals surface area contributed by atoms with Crippen molar-refractivity contribution in [1.29, 1.82) is 0 Å². The van der Waals surface area contributed by atoms with Gasteiger partial charge in [0.15, 0.2) is 11.6 Å². The largest absolute Gasteiger partial charge is 0.494 e. The Kier molecular flexibility index (Phi) is 10.5. The van der Waals surface area contributed by atoms with Crippen molar-refractivity contribution < 1.29 is 19.4 Å². The quantitative estimate of drug-likeness (QED) is 0.0905. The van der Waals surface area contributed by atoms with Crippen molar-refractivity contribution in [1.82, 2.24) is 5.32 Å². The first-order valence-corrected chi connectivity index (χ1v) is 14.4. The van der Waals surface area contributed by atoms with Crippen molar-refractivity contribution in [3.05, 3.63) is 110 Å². The predicted octanol–water partition coefficient (Wildman–Crippen LogP) is 7.38. The third-order valence-corrected chi connectivity index (χ3v) is 7.17. The molecule has 44 heavy (non-hydrogen) atoms. The smallest absolute Gasteiger partial charge is 0.252 e. The first-order valence-electron chi connectivity index (χ1n) is 14.4. The number of azide groups is 2. The standard InChI is InChI=1S/C32H36N8O4/c1-31(2,3)17-18-35-30(42)32(21-23-9-4-6-11-26(23)37-39-33)28(25-10-5-7-12-27(25)38-40-34)44-29(36-32)22-13-15-24(16-14-22)43-20-8-19-41/h4-7,9-16,28,41H,8,17-21H2,1-3H3,(H,35,42)/t28-,32-/m1/s1. The van der Waals surface area contributed by atoms with Gasteiger partial charge in [-0.05, 0) is 52.7 Å². The lowest BCUT2D eigenvalue weighted by atomic mass is 9.81. The van der Waals surface area contributed by atoms with Crippen LogP contribution in [0.2, 0.25) is 0 Å². The minimum Gasteiger partial charge on any atom is -0.494 e. The fourth-order valence-corrected chi connectivity index (χ4v) is 4.91. The molecule has 0 saturated carbocycles. The molecular formula is C32H36N8O4. The van der Waals surface area contributed by atoms with Gasteiger partial charge in [0.25, 0.3) is 5.91 Å². The first-order chi connectivity index (χ1) is 21.2. The van der Waals surface area contributed by atoms with E-state index in [-0.39, 0.29) is 30.2 Å². The summed E-state index contributed by atoms with van der Waals surface area (Å²) in [7, 11) is 0. The van der Waals surface area contributed by atoms with Crippen molar-refractivity contribution in [2.45, 2.75) is 51.7 Å². The lowest BCUT2D eigenvalue weighted by Gasteiger charge is -2.32. The van der Waals surface area contributed by atoms with Gasteiger partial charge in [0, 0.05) is 58.3 Å². The van der Waals surface area contributed by atoms with Crippen LogP contribution in [0.15, 0.2) is 88.0 Å². The molecule has 0 aromatic heterocycles. The lowest BCUT2D eigenvalue weighted by Crippen LogP contribution is -2.50. The highest BCUT2D eigenvalue weighted by molar-refractivity contribution is 6.01. The molecule has 1 heterocycles. The Morgan fingerprint density at radius 3 is 2.36 bits per heavy atom. The summed E-state index contributed by atoms with van der Waals surface area (Å²) >= 11 is 0. The number of ether oxygens (including phenoxy) is 2. The molecule has 3 aromatic rings. The zero-order chi connectivity index (χ0) is 31.6. The van der Waals surface area contributed by atoms with Gasteiger partial charge in [-0.15, -0.1) is 0 Å². The Morgan fingerprint density at radius 2 is 1.68 bits per heavy atom. The van der Waals surface area contributed by atoms with Crippen LogP contribution in [-0.4, -0.2) is 42.2 Å². The summed E-state index contributed by atoms with van der Waals surface area (Å²) in [5.74, 6) is 0.456. The van der Waals surface area contributed by atoms with Crippen molar-refractivity contribution in [3.8, 4) is 5.75 Å². The van der Waals surface area contributed by atoms with Crippen LogP contribution < -0.4 is 10.1 Å². The number of amides is 1. The number of rotatable bonds is 13. The average Bonchev–Trinajstić information content (AvgIpc) is 3.39. The van der Waals surface area contributed by atoms with E-state index in [2.05, 4.69) is 46.1 Å². The highest BCUT2D eigenvalue weighted by Crippen LogP contribution is 2.46. The van der Waals surface area contributed by atoms with E-state index in [1.807, 2.05) is 0 Å². The van der Waals surface area contributed by atoms with Gasteiger partial charge in [-0.25, -0.2) is 4.99 Å². The Hall–Kier alpha value is -5.02. The Bertz CT molecular complexity index is 1590. The van der Waals surface area contributed by atoms with Crippen molar-refractivity contribution in [2.75, 3.05) is 19.8 Å². The molecule has 0 aliphatic carbocycles. The summed E-state index contributed by atoms with van der Waals surface area (Å²) < 4.78 is 12.2. The Balaban J connectivity index is 1.87. The molecule has 228 valence electrons. The molecule has 3 aromatic carbocycles. The van der Waals surface area contributed by atoms with Gasteiger partial charge in [-0.1, -0.05) is 79.5 Å². The maximum absolute atomic E-state index is 14.4. The van der Waals surface area contributed by atoms with Crippen LogP contribution in [0, 0.1) is 5.41 Å². The Morgan fingerprint density at radius 1 is 1.02 bits per heavy atom. The molecule has 1 aliphatic heterocycles. The molecule has 0 spiro atoms. The van der Waals surface area contributed by atoms with Crippen LogP contribution >= 0.6 is 0 Å². The molecular weight excluding hydrogens is 560 g/mol. The second-order valence-corrected chi connectivity index (χ2v) is 11.6. The number of carbonyl (C=O) groups is 1. The van der Waals surface area contributed by atoms with Gasteiger partial charge in [-0.3, -0.25) is 4.79 Å². The maximum Gasteiger partial charge on any atom is 0.252 e. The third kappa shape index (κ3) is 7.67. The van der Waals surface area contributed by atoms with E-state index in [1.54, 1.807) is 72.8 Å². The monoisotopic (exact) mass is 596 g/mol.